The first kappa shape index (κ1) is 13.6. The highest BCUT2D eigenvalue weighted by molar-refractivity contribution is 7.18. The third kappa shape index (κ3) is 3.78. The summed E-state index contributed by atoms with van der Waals surface area (Å²) in [6.45, 7) is 8.19. The Morgan fingerprint density at radius 3 is 3.00 bits per heavy atom. The second kappa shape index (κ2) is 6.30. The highest BCUT2D eigenvalue weighted by Gasteiger charge is 2.14. The molecule has 1 rings (SSSR count). The van der Waals surface area contributed by atoms with E-state index < -0.39 is 0 Å². The second-order valence-electron chi connectivity index (χ2n) is 3.85. The molecule has 0 aliphatic heterocycles. The summed E-state index contributed by atoms with van der Waals surface area (Å²) in [5.74, 6) is -0.149. The number of nitrogen functional groups attached to an aromatic ring is 1. The summed E-state index contributed by atoms with van der Waals surface area (Å²) in [6.07, 6.45) is 2.66. The van der Waals surface area contributed by atoms with Crippen LogP contribution in [0.5, 0.6) is 0 Å². The van der Waals surface area contributed by atoms with Crippen LogP contribution in [0.2, 0.25) is 0 Å². The Labute approximate surface area is 106 Å². The summed E-state index contributed by atoms with van der Waals surface area (Å²) in [4.78, 5) is 12.3. The Balaban J connectivity index is 2.73. The van der Waals surface area contributed by atoms with Crippen LogP contribution in [-0.4, -0.2) is 18.5 Å². The van der Waals surface area contributed by atoms with Gasteiger partial charge >= 0.3 is 0 Å². The maximum atomic E-state index is 11.7. The third-order valence-electron chi connectivity index (χ3n) is 2.38. The van der Waals surface area contributed by atoms with Crippen molar-refractivity contribution in [3.05, 3.63) is 23.6 Å². The first-order valence-corrected chi connectivity index (χ1v) is 6.45. The van der Waals surface area contributed by atoms with Crippen LogP contribution in [0.3, 0.4) is 0 Å². The van der Waals surface area contributed by atoms with Gasteiger partial charge in [-0.05, 0) is 19.4 Å². The van der Waals surface area contributed by atoms with Crippen molar-refractivity contribution in [3.8, 4) is 0 Å². The molecule has 1 aromatic rings. The van der Waals surface area contributed by atoms with E-state index in [1.165, 1.54) is 11.3 Å². The summed E-state index contributed by atoms with van der Waals surface area (Å²) in [7, 11) is 0. The maximum absolute atomic E-state index is 11.7. The Morgan fingerprint density at radius 1 is 1.71 bits per heavy atom. The zero-order chi connectivity index (χ0) is 12.8. The molecule has 0 aliphatic rings. The molecule has 0 bridgehead atoms. The Morgan fingerprint density at radius 2 is 2.41 bits per heavy atom. The lowest BCUT2D eigenvalue weighted by molar-refractivity contribution is 0.0963. The molecule has 4 nitrogen and oxygen atoms in total. The van der Waals surface area contributed by atoms with E-state index in [-0.39, 0.29) is 5.91 Å². The minimum absolute atomic E-state index is 0.149. The van der Waals surface area contributed by atoms with Crippen molar-refractivity contribution < 1.29 is 4.79 Å². The lowest BCUT2D eigenvalue weighted by atomic mass is 10.3. The Kier molecular flexibility index (Phi) is 5.03. The zero-order valence-corrected chi connectivity index (χ0v) is 11.1. The van der Waals surface area contributed by atoms with Crippen molar-refractivity contribution in [3.63, 3.8) is 0 Å². The zero-order valence-electron chi connectivity index (χ0n) is 10.2. The van der Waals surface area contributed by atoms with Gasteiger partial charge in [0, 0.05) is 12.6 Å². The van der Waals surface area contributed by atoms with Gasteiger partial charge in [0.25, 0.3) is 5.91 Å². The van der Waals surface area contributed by atoms with E-state index in [4.69, 9.17) is 5.73 Å². The lowest BCUT2D eigenvalue weighted by Crippen LogP contribution is -2.22. The smallest absolute Gasteiger partial charge is 0.263 e. The molecule has 1 heterocycles. The van der Waals surface area contributed by atoms with Gasteiger partial charge in [-0.15, -0.1) is 17.9 Å². The van der Waals surface area contributed by atoms with Crippen molar-refractivity contribution in [1.82, 2.24) is 5.32 Å². The van der Waals surface area contributed by atoms with Crippen molar-refractivity contribution in [1.29, 1.82) is 0 Å². The van der Waals surface area contributed by atoms with Gasteiger partial charge in [-0.25, -0.2) is 0 Å². The van der Waals surface area contributed by atoms with Gasteiger partial charge in [0.1, 0.15) is 4.88 Å². The van der Waals surface area contributed by atoms with Crippen LogP contribution in [0.25, 0.3) is 0 Å². The Hall–Kier alpha value is -1.49. The average Bonchev–Trinajstić information content (AvgIpc) is 2.67. The van der Waals surface area contributed by atoms with E-state index in [9.17, 15) is 4.79 Å². The SMILES string of the molecule is C=CCNC(=O)c1sc(NC(C)CC)cc1N. The minimum atomic E-state index is -0.149. The fraction of sp³-hybridized carbons (Fsp3) is 0.417. The number of carbonyl (C=O) groups is 1. The molecule has 5 heteroatoms. The van der Waals surface area contributed by atoms with Gasteiger partial charge in [-0.2, -0.15) is 0 Å². The number of anilines is 2. The van der Waals surface area contributed by atoms with Gasteiger partial charge in [0.2, 0.25) is 0 Å². The predicted octanol–water partition coefficient (Wildman–Crippen LogP) is 2.46. The molecular weight excluding hydrogens is 234 g/mol. The van der Waals surface area contributed by atoms with Crippen LogP contribution in [0.4, 0.5) is 10.7 Å². The molecule has 1 amide bonds. The molecule has 0 saturated heterocycles. The molecular formula is C12H19N3OS. The maximum Gasteiger partial charge on any atom is 0.263 e. The van der Waals surface area contributed by atoms with E-state index in [0.29, 0.717) is 23.2 Å². The molecule has 0 aliphatic carbocycles. The summed E-state index contributed by atoms with van der Waals surface area (Å²) in [5, 5.41) is 6.95. The molecule has 0 radical (unpaired) electrons. The van der Waals surface area contributed by atoms with E-state index in [1.54, 1.807) is 12.1 Å². The van der Waals surface area contributed by atoms with Crippen LogP contribution >= 0.6 is 11.3 Å². The van der Waals surface area contributed by atoms with Crippen LogP contribution in [0, 0.1) is 0 Å². The number of hydrogen-bond donors (Lipinski definition) is 3. The van der Waals surface area contributed by atoms with Crippen LogP contribution in [0.1, 0.15) is 29.9 Å². The quantitative estimate of drug-likeness (QED) is 0.682. The summed E-state index contributed by atoms with van der Waals surface area (Å²) in [5.41, 5.74) is 6.33. The third-order valence-corrected chi connectivity index (χ3v) is 3.46. The standard InChI is InChI=1S/C12H19N3OS/c1-4-6-14-12(16)11-9(13)7-10(17-11)15-8(3)5-2/h4,7-8,15H,1,5-6,13H2,2-3H3,(H,14,16). The average molecular weight is 253 g/mol. The molecule has 17 heavy (non-hydrogen) atoms. The molecule has 1 aromatic heterocycles. The predicted molar refractivity (Wildman–Crippen MR) is 74.6 cm³/mol. The summed E-state index contributed by atoms with van der Waals surface area (Å²) < 4.78 is 0. The molecule has 1 atom stereocenters. The Bertz CT molecular complexity index is 400. The van der Waals surface area contributed by atoms with Gasteiger partial charge in [0.15, 0.2) is 0 Å². The lowest BCUT2D eigenvalue weighted by Gasteiger charge is -2.09. The molecule has 0 spiro atoms. The first-order valence-electron chi connectivity index (χ1n) is 5.63. The summed E-state index contributed by atoms with van der Waals surface area (Å²) >= 11 is 1.38. The van der Waals surface area contributed by atoms with Gasteiger partial charge in [-0.3, -0.25) is 4.79 Å². The fourth-order valence-electron chi connectivity index (χ4n) is 1.24. The van der Waals surface area contributed by atoms with Crippen molar-refractivity contribution in [2.45, 2.75) is 26.3 Å². The van der Waals surface area contributed by atoms with Gasteiger partial charge < -0.3 is 16.4 Å². The number of thiophene rings is 1. The van der Waals surface area contributed by atoms with Gasteiger partial charge in [-0.1, -0.05) is 13.0 Å². The first-order chi connectivity index (χ1) is 8.08. The number of amides is 1. The molecule has 0 aromatic carbocycles. The number of carbonyl (C=O) groups excluding carboxylic acids is 1. The van der Waals surface area contributed by atoms with Crippen molar-refractivity contribution >= 4 is 27.9 Å². The van der Waals surface area contributed by atoms with Crippen molar-refractivity contribution in [2.24, 2.45) is 0 Å². The monoisotopic (exact) mass is 253 g/mol. The number of rotatable bonds is 6. The van der Waals surface area contributed by atoms with Crippen LogP contribution < -0.4 is 16.4 Å². The van der Waals surface area contributed by atoms with Crippen LogP contribution in [0.15, 0.2) is 18.7 Å². The van der Waals surface area contributed by atoms with E-state index in [1.807, 2.05) is 0 Å². The minimum Gasteiger partial charge on any atom is -0.397 e. The molecule has 4 N–H and O–H groups in total. The molecule has 94 valence electrons. The van der Waals surface area contributed by atoms with E-state index in [2.05, 4.69) is 31.1 Å². The second-order valence-corrected chi connectivity index (χ2v) is 4.90. The molecule has 1 unspecified atom stereocenters. The number of hydrogen-bond acceptors (Lipinski definition) is 4. The molecule has 0 saturated carbocycles. The van der Waals surface area contributed by atoms with Crippen LogP contribution in [-0.2, 0) is 0 Å². The number of nitrogens with two attached hydrogens (primary N) is 1. The van der Waals surface area contributed by atoms with E-state index in [0.717, 1.165) is 11.4 Å². The van der Waals surface area contributed by atoms with Gasteiger partial charge in [0.05, 0.1) is 10.7 Å². The van der Waals surface area contributed by atoms with E-state index >= 15 is 0 Å². The highest BCUT2D eigenvalue weighted by Crippen LogP contribution is 2.29. The highest BCUT2D eigenvalue weighted by atomic mass is 32.1. The largest absolute Gasteiger partial charge is 0.397 e. The van der Waals surface area contributed by atoms with Crippen molar-refractivity contribution in [2.75, 3.05) is 17.6 Å². The fourth-order valence-corrected chi connectivity index (χ4v) is 2.25. The molecule has 0 fully saturated rings. The normalized spacial score (nSPS) is 11.9. The summed E-state index contributed by atoms with van der Waals surface area (Å²) in [6, 6.07) is 2.18. The number of nitrogens with one attached hydrogen (secondary N) is 2. The topological polar surface area (TPSA) is 67.2 Å².